The Labute approximate surface area is 137 Å². The third-order valence-electron chi connectivity index (χ3n) is 4.17. The summed E-state index contributed by atoms with van der Waals surface area (Å²) < 4.78 is 37.6. The van der Waals surface area contributed by atoms with Crippen molar-refractivity contribution in [2.75, 3.05) is 18.4 Å². The van der Waals surface area contributed by atoms with Crippen LogP contribution in [0.4, 0.5) is 18.9 Å². The summed E-state index contributed by atoms with van der Waals surface area (Å²) in [6, 6.07) is 11.7. The van der Waals surface area contributed by atoms with Gasteiger partial charge in [-0.3, -0.25) is 4.79 Å². The van der Waals surface area contributed by atoms with E-state index in [4.69, 9.17) is 0 Å². The Morgan fingerprint density at radius 1 is 1.04 bits per heavy atom. The molecule has 1 amide bonds. The van der Waals surface area contributed by atoms with Crippen LogP contribution < -0.4 is 10.6 Å². The Kier molecular flexibility index (Phi) is 4.57. The zero-order valence-electron chi connectivity index (χ0n) is 12.9. The van der Waals surface area contributed by atoms with Gasteiger partial charge in [0.05, 0.1) is 5.56 Å². The van der Waals surface area contributed by atoms with Crippen LogP contribution in [0, 0.1) is 0 Å². The summed E-state index contributed by atoms with van der Waals surface area (Å²) >= 11 is 0. The molecule has 24 heavy (non-hydrogen) atoms. The maximum Gasteiger partial charge on any atom is 0.416 e. The highest BCUT2D eigenvalue weighted by molar-refractivity contribution is 6.04. The number of carbonyl (C=O) groups is 1. The largest absolute Gasteiger partial charge is 0.416 e. The highest BCUT2D eigenvalue weighted by Crippen LogP contribution is 2.29. The molecule has 1 fully saturated rings. The molecule has 1 heterocycles. The molecule has 3 rings (SSSR count). The summed E-state index contributed by atoms with van der Waals surface area (Å²) in [6.45, 7) is 1.97. The van der Waals surface area contributed by atoms with Crippen molar-refractivity contribution in [3.63, 3.8) is 0 Å². The molecule has 2 N–H and O–H groups in total. The second kappa shape index (κ2) is 6.65. The van der Waals surface area contributed by atoms with E-state index in [9.17, 15) is 18.0 Å². The molecule has 0 aliphatic carbocycles. The van der Waals surface area contributed by atoms with Gasteiger partial charge < -0.3 is 10.6 Å². The van der Waals surface area contributed by atoms with Gasteiger partial charge in [0, 0.05) is 17.8 Å². The summed E-state index contributed by atoms with van der Waals surface area (Å²) in [6.07, 6.45) is -3.31. The second-order valence-electron chi connectivity index (χ2n) is 5.84. The maximum atomic E-state index is 12.5. The Morgan fingerprint density at radius 3 is 2.25 bits per heavy atom. The summed E-state index contributed by atoms with van der Waals surface area (Å²) in [5.41, 5.74) is 1.25. The molecule has 126 valence electrons. The minimum Gasteiger partial charge on any atom is -0.322 e. The molecule has 0 bridgehead atoms. The lowest BCUT2D eigenvalue weighted by Gasteiger charge is -2.11. The van der Waals surface area contributed by atoms with Gasteiger partial charge in [0.25, 0.3) is 5.91 Å². The molecule has 0 radical (unpaired) electrons. The zero-order chi connectivity index (χ0) is 17.2. The number of rotatable bonds is 3. The van der Waals surface area contributed by atoms with Crippen molar-refractivity contribution >= 4 is 11.6 Å². The Morgan fingerprint density at radius 2 is 1.71 bits per heavy atom. The van der Waals surface area contributed by atoms with Crippen molar-refractivity contribution in [3.8, 4) is 0 Å². The number of carbonyl (C=O) groups excluding carboxylic acids is 1. The first-order valence-electron chi connectivity index (χ1n) is 7.73. The van der Waals surface area contributed by atoms with Crippen LogP contribution in [-0.2, 0) is 6.18 Å². The van der Waals surface area contributed by atoms with Crippen molar-refractivity contribution in [2.24, 2.45) is 0 Å². The van der Waals surface area contributed by atoms with Gasteiger partial charge in [0.2, 0.25) is 0 Å². The van der Waals surface area contributed by atoms with Gasteiger partial charge in [0.15, 0.2) is 0 Å². The lowest BCUT2D eigenvalue weighted by Crippen LogP contribution is -2.13. The monoisotopic (exact) mass is 334 g/mol. The van der Waals surface area contributed by atoms with E-state index in [2.05, 4.69) is 10.6 Å². The molecule has 3 nitrogen and oxygen atoms in total. The SMILES string of the molecule is O=C(Nc1ccc([C@@H]2CCNC2)cc1)c1ccc(C(F)(F)F)cc1. The Balaban J connectivity index is 1.66. The van der Waals surface area contributed by atoms with Crippen LogP contribution in [-0.4, -0.2) is 19.0 Å². The average Bonchev–Trinajstić information content (AvgIpc) is 3.09. The number of hydrogen-bond donors (Lipinski definition) is 2. The topological polar surface area (TPSA) is 41.1 Å². The first kappa shape index (κ1) is 16.5. The highest BCUT2D eigenvalue weighted by Gasteiger charge is 2.30. The first-order valence-corrected chi connectivity index (χ1v) is 7.73. The van der Waals surface area contributed by atoms with E-state index in [1.54, 1.807) is 0 Å². The predicted molar refractivity (Wildman–Crippen MR) is 86.1 cm³/mol. The molecule has 1 saturated heterocycles. The van der Waals surface area contributed by atoms with Crippen LogP contribution in [0.25, 0.3) is 0 Å². The summed E-state index contributed by atoms with van der Waals surface area (Å²) in [5.74, 6) is 0.0590. The fourth-order valence-corrected chi connectivity index (χ4v) is 2.79. The molecular formula is C18H17F3N2O. The van der Waals surface area contributed by atoms with Crippen LogP contribution in [0.15, 0.2) is 48.5 Å². The van der Waals surface area contributed by atoms with Crippen LogP contribution in [0.3, 0.4) is 0 Å². The number of amides is 1. The molecule has 1 aliphatic rings. The van der Waals surface area contributed by atoms with E-state index in [0.717, 1.165) is 31.6 Å². The number of anilines is 1. The van der Waals surface area contributed by atoms with Crippen LogP contribution in [0.1, 0.15) is 33.8 Å². The predicted octanol–water partition coefficient (Wildman–Crippen LogP) is 4.03. The molecule has 0 saturated carbocycles. The number of nitrogens with one attached hydrogen (secondary N) is 2. The van der Waals surface area contributed by atoms with E-state index < -0.39 is 17.6 Å². The second-order valence-corrected chi connectivity index (χ2v) is 5.84. The lowest BCUT2D eigenvalue weighted by atomic mass is 9.98. The highest BCUT2D eigenvalue weighted by atomic mass is 19.4. The maximum absolute atomic E-state index is 12.5. The lowest BCUT2D eigenvalue weighted by molar-refractivity contribution is -0.137. The molecule has 2 aromatic carbocycles. The first-order chi connectivity index (χ1) is 11.4. The number of halogens is 3. The van der Waals surface area contributed by atoms with Gasteiger partial charge in [-0.2, -0.15) is 13.2 Å². The molecular weight excluding hydrogens is 317 g/mol. The number of alkyl halides is 3. The molecule has 0 spiro atoms. The third-order valence-corrected chi connectivity index (χ3v) is 4.17. The van der Waals surface area contributed by atoms with Crippen LogP contribution in [0.2, 0.25) is 0 Å². The van der Waals surface area contributed by atoms with Crippen molar-refractivity contribution in [2.45, 2.75) is 18.5 Å². The fourth-order valence-electron chi connectivity index (χ4n) is 2.79. The van der Waals surface area contributed by atoms with Crippen molar-refractivity contribution in [1.29, 1.82) is 0 Å². The van der Waals surface area contributed by atoms with E-state index >= 15 is 0 Å². The molecule has 1 aliphatic heterocycles. The molecule has 0 unspecified atom stereocenters. The molecule has 6 heteroatoms. The van der Waals surface area contributed by atoms with Gasteiger partial charge in [-0.25, -0.2) is 0 Å². The van der Waals surface area contributed by atoms with Gasteiger partial charge in [-0.05, 0) is 60.8 Å². The van der Waals surface area contributed by atoms with E-state index in [0.29, 0.717) is 11.6 Å². The van der Waals surface area contributed by atoms with E-state index in [1.807, 2.05) is 24.3 Å². The van der Waals surface area contributed by atoms with Gasteiger partial charge in [-0.1, -0.05) is 12.1 Å². The van der Waals surface area contributed by atoms with Crippen LogP contribution >= 0.6 is 0 Å². The van der Waals surface area contributed by atoms with E-state index in [-0.39, 0.29) is 5.56 Å². The molecule has 2 aromatic rings. The van der Waals surface area contributed by atoms with Crippen molar-refractivity contribution < 1.29 is 18.0 Å². The molecule has 1 atom stereocenters. The fraction of sp³-hybridized carbons (Fsp3) is 0.278. The van der Waals surface area contributed by atoms with Gasteiger partial charge in [0.1, 0.15) is 0 Å². The minimum atomic E-state index is -4.40. The van der Waals surface area contributed by atoms with E-state index in [1.165, 1.54) is 17.7 Å². The van der Waals surface area contributed by atoms with Crippen LogP contribution in [0.5, 0.6) is 0 Å². The number of hydrogen-bond acceptors (Lipinski definition) is 2. The Bertz CT molecular complexity index is 703. The quantitative estimate of drug-likeness (QED) is 0.890. The smallest absolute Gasteiger partial charge is 0.322 e. The van der Waals surface area contributed by atoms with Crippen molar-refractivity contribution in [3.05, 3.63) is 65.2 Å². The standard InChI is InChI=1S/C18H17F3N2O/c19-18(20,21)15-5-1-13(2-6-15)17(24)23-16-7-3-12(4-8-16)14-9-10-22-11-14/h1-8,14,22H,9-11H2,(H,23,24)/t14-/m1/s1. The normalized spacial score (nSPS) is 17.7. The van der Waals surface area contributed by atoms with Gasteiger partial charge >= 0.3 is 6.18 Å². The third kappa shape index (κ3) is 3.76. The Hall–Kier alpha value is -2.34. The van der Waals surface area contributed by atoms with Crippen molar-refractivity contribution in [1.82, 2.24) is 5.32 Å². The summed E-state index contributed by atoms with van der Waals surface area (Å²) in [5, 5.41) is 6.00. The molecule has 0 aromatic heterocycles. The van der Waals surface area contributed by atoms with Gasteiger partial charge in [-0.15, -0.1) is 0 Å². The number of benzene rings is 2. The summed E-state index contributed by atoms with van der Waals surface area (Å²) in [7, 11) is 0. The minimum absolute atomic E-state index is 0.187. The summed E-state index contributed by atoms with van der Waals surface area (Å²) in [4.78, 5) is 12.1. The average molecular weight is 334 g/mol. The zero-order valence-corrected chi connectivity index (χ0v) is 12.9.